The van der Waals surface area contributed by atoms with E-state index in [9.17, 15) is 9.59 Å². The zero-order chi connectivity index (χ0) is 17.8. The van der Waals surface area contributed by atoms with Gasteiger partial charge < -0.3 is 4.74 Å². The molecule has 130 valence electrons. The molecule has 0 N–H and O–H groups in total. The van der Waals surface area contributed by atoms with E-state index in [4.69, 9.17) is 4.74 Å². The smallest absolute Gasteiger partial charge is 0.317 e. The second kappa shape index (κ2) is 7.64. The number of hydrogen-bond acceptors (Lipinski definition) is 3. The van der Waals surface area contributed by atoms with Crippen molar-refractivity contribution in [3.05, 3.63) is 71.8 Å². The fourth-order valence-corrected chi connectivity index (χ4v) is 3.70. The molecular formula is C22H24O3. The maximum absolute atomic E-state index is 12.2. The zero-order valence-corrected chi connectivity index (χ0v) is 14.7. The Kier molecular flexibility index (Phi) is 5.32. The number of esters is 2. The molecular weight excluding hydrogens is 312 g/mol. The van der Waals surface area contributed by atoms with Crippen LogP contribution in [0.5, 0.6) is 0 Å². The molecule has 0 radical (unpaired) electrons. The molecule has 1 fully saturated rings. The van der Waals surface area contributed by atoms with Gasteiger partial charge in [-0.25, -0.2) is 0 Å². The molecule has 0 bridgehead atoms. The van der Waals surface area contributed by atoms with E-state index in [1.807, 2.05) is 36.4 Å². The van der Waals surface area contributed by atoms with Gasteiger partial charge in [-0.05, 0) is 35.8 Å². The number of carbonyl (C=O) groups excluding carboxylic acids is 2. The van der Waals surface area contributed by atoms with Crippen LogP contribution in [0.4, 0.5) is 0 Å². The lowest BCUT2D eigenvalue weighted by Gasteiger charge is -2.21. The highest BCUT2D eigenvalue weighted by molar-refractivity contribution is 5.96. The van der Waals surface area contributed by atoms with Crippen molar-refractivity contribution >= 4 is 11.9 Å². The van der Waals surface area contributed by atoms with Gasteiger partial charge in [0.25, 0.3) is 0 Å². The highest BCUT2D eigenvalue weighted by Gasteiger charge is 2.45. The summed E-state index contributed by atoms with van der Waals surface area (Å²) >= 11 is 0. The van der Waals surface area contributed by atoms with E-state index >= 15 is 0 Å². The number of rotatable bonds is 6. The van der Waals surface area contributed by atoms with Crippen molar-refractivity contribution in [2.45, 2.75) is 38.5 Å². The molecule has 4 atom stereocenters. The lowest BCUT2D eigenvalue weighted by atomic mass is 9.79. The Balaban J connectivity index is 1.72. The number of benzene rings is 2. The fraction of sp³-hybridized carbons (Fsp3) is 0.364. The van der Waals surface area contributed by atoms with Gasteiger partial charge in [0, 0.05) is 0 Å². The largest absolute Gasteiger partial charge is 0.393 e. The molecule has 2 aromatic carbocycles. The lowest BCUT2D eigenvalue weighted by molar-refractivity contribution is -0.153. The van der Waals surface area contributed by atoms with Gasteiger partial charge in [-0.15, -0.1) is 0 Å². The molecule has 1 aliphatic rings. The molecule has 0 amide bonds. The van der Waals surface area contributed by atoms with E-state index in [1.165, 1.54) is 11.1 Å². The predicted octanol–water partition coefficient (Wildman–Crippen LogP) is 4.69. The van der Waals surface area contributed by atoms with Crippen molar-refractivity contribution < 1.29 is 14.3 Å². The summed E-state index contributed by atoms with van der Waals surface area (Å²) in [6.45, 7) is 4.20. The first-order valence-corrected chi connectivity index (χ1v) is 8.91. The lowest BCUT2D eigenvalue weighted by Crippen LogP contribution is -2.21. The molecule has 3 heteroatoms. The summed E-state index contributed by atoms with van der Waals surface area (Å²) in [6.07, 6.45) is 1.28. The topological polar surface area (TPSA) is 43.4 Å². The van der Waals surface area contributed by atoms with Crippen LogP contribution >= 0.6 is 0 Å². The average Bonchev–Trinajstić information content (AvgIpc) is 2.90. The third-order valence-corrected chi connectivity index (χ3v) is 5.24. The summed E-state index contributed by atoms with van der Waals surface area (Å²) in [5, 5.41) is 0. The van der Waals surface area contributed by atoms with Gasteiger partial charge in [-0.2, -0.15) is 0 Å². The number of carbonyl (C=O) groups is 2. The minimum absolute atomic E-state index is 0.208. The van der Waals surface area contributed by atoms with Crippen LogP contribution in [0.2, 0.25) is 0 Å². The van der Waals surface area contributed by atoms with Crippen molar-refractivity contribution in [1.82, 2.24) is 0 Å². The number of hydrogen-bond donors (Lipinski definition) is 0. The second-order valence-corrected chi connectivity index (χ2v) is 7.05. The minimum atomic E-state index is -0.363. The molecule has 0 saturated carbocycles. The van der Waals surface area contributed by atoms with Gasteiger partial charge in [-0.3, -0.25) is 9.59 Å². The monoisotopic (exact) mass is 336 g/mol. The first-order valence-electron chi connectivity index (χ1n) is 8.91. The Morgan fingerprint density at radius 2 is 1.08 bits per heavy atom. The van der Waals surface area contributed by atoms with Crippen molar-refractivity contribution in [2.75, 3.05) is 0 Å². The molecule has 3 nitrogen and oxygen atoms in total. The van der Waals surface area contributed by atoms with E-state index in [2.05, 4.69) is 38.1 Å². The van der Waals surface area contributed by atoms with Gasteiger partial charge in [-0.1, -0.05) is 74.5 Å². The van der Waals surface area contributed by atoms with Crippen molar-refractivity contribution in [1.29, 1.82) is 0 Å². The summed E-state index contributed by atoms with van der Waals surface area (Å²) in [7, 11) is 0. The van der Waals surface area contributed by atoms with Crippen molar-refractivity contribution in [3.8, 4) is 0 Å². The number of ether oxygens (including phenoxy) is 1. The van der Waals surface area contributed by atoms with E-state index in [0.717, 1.165) is 0 Å². The van der Waals surface area contributed by atoms with Crippen LogP contribution in [0.15, 0.2) is 60.7 Å². The highest BCUT2D eigenvalue weighted by Crippen LogP contribution is 2.38. The molecule has 2 aromatic rings. The third kappa shape index (κ3) is 3.98. The summed E-state index contributed by atoms with van der Waals surface area (Å²) in [5.41, 5.74) is 2.37. The van der Waals surface area contributed by atoms with E-state index in [0.29, 0.717) is 12.8 Å². The van der Waals surface area contributed by atoms with Crippen LogP contribution in [-0.2, 0) is 14.3 Å². The first-order chi connectivity index (χ1) is 12.1. The minimum Gasteiger partial charge on any atom is -0.393 e. The molecule has 0 aliphatic carbocycles. The summed E-state index contributed by atoms with van der Waals surface area (Å²) in [4.78, 5) is 24.5. The average molecular weight is 336 g/mol. The molecule has 1 saturated heterocycles. The zero-order valence-electron chi connectivity index (χ0n) is 14.7. The Labute approximate surface area is 149 Å². The summed E-state index contributed by atoms with van der Waals surface area (Å²) in [6, 6.07) is 20.2. The maximum atomic E-state index is 12.2. The Morgan fingerprint density at radius 1 is 0.720 bits per heavy atom. The van der Waals surface area contributed by atoms with Crippen LogP contribution in [0.1, 0.15) is 49.7 Å². The van der Waals surface area contributed by atoms with Gasteiger partial charge in [0.15, 0.2) is 0 Å². The van der Waals surface area contributed by atoms with Crippen LogP contribution in [0, 0.1) is 11.8 Å². The van der Waals surface area contributed by atoms with Gasteiger partial charge in [0.1, 0.15) is 0 Å². The third-order valence-electron chi connectivity index (χ3n) is 5.24. The van der Waals surface area contributed by atoms with E-state index in [1.54, 1.807) is 0 Å². The Hall–Kier alpha value is -2.42. The predicted molar refractivity (Wildman–Crippen MR) is 97.0 cm³/mol. The fourth-order valence-electron chi connectivity index (χ4n) is 3.70. The standard InChI is InChI=1S/C22H24O3/c1-15(17-9-5-3-6-10-17)13-19-20(22(24)25-21(19)23)14-16(2)18-11-7-4-8-12-18/h3-12,15-16,19-20H,13-14H2,1-2H3. The molecule has 1 aliphatic heterocycles. The summed E-state index contributed by atoms with van der Waals surface area (Å²) in [5.74, 6) is -1.02. The van der Waals surface area contributed by atoms with Gasteiger partial charge in [0.05, 0.1) is 11.8 Å². The van der Waals surface area contributed by atoms with Gasteiger partial charge >= 0.3 is 11.9 Å². The van der Waals surface area contributed by atoms with E-state index in [-0.39, 0.29) is 35.6 Å². The van der Waals surface area contributed by atoms with Crippen LogP contribution < -0.4 is 0 Å². The normalized spacial score (nSPS) is 22.5. The van der Waals surface area contributed by atoms with E-state index < -0.39 is 0 Å². The van der Waals surface area contributed by atoms with Crippen molar-refractivity contribution in [2.24, 2.45) is 11.8 Å². The molecule has 25 heavy (non-hydrogen) atoms. The molecule has 0 spiro atoms. The molecule has 4 unspecified atom stereocenters. The molecule has 3 rings (SSSR count). The number of cyclic esters (lactones) is 2. The van der Waals surface area contributed by atoms with Crippen LogP contribution in [0.3, 0.4) is 0 Å². The van der Waals surface area contributed by atoms with Crippen LogP contribution in [0.25, 0.3) is 0 Å². The van der Waals surface area contributed by atoms with Crippen LogP contribution in [-0.4, -0.2) is 11.9 Å². The summed E-state index contributed by atoms with van der Waals surface area (Å²) < 4.78 is 4.98. The SMILES string of the molecule is CC(CC1C(=O)OC(=O)C1CC(C)c1ccccc1)c1ccccc1. The Bertz CT molecular complexity index is 660. The quantitative estimate of drug-likeness (QED) is 0.568. The molecule has 0 aromatic heterocycles. The maximum Gasteiger partial charge on any atom is 0.317 e. The molecule has 1 heterocycles. The first kappa shape index (κ1) is 17.4. The van der Waals surface area contributed by atoms with Gasteiger partial charge in [0.2, 0.25) is 0 Å². The second-order valence-electron chi connectivity index (χ2n) is 7.05. The van der Waals surface area contributed by atoms with Crippen molar-refractivity contribution in [3.63, 3.8) is 0 Å². The highest BCUT2D eigenvalue weighted by atomic mass is 16.6. The Morgan fingerprint density at radius 3 is 1.44 bits per heavy atom.